The molecule has 0 aromatic carbocycles. The van der Waals surface area contributed by atoms with E-state index in [1.165, 1.54) is 6.07 Å². The highest BCUT2D eigenvalue weighted by Gasteiger charge is 2.51. The molecule has 0 saturated carbocycles. The molecule has 1 aromatic rings. The molecule has 3 rings (SSSR count). The lowest BCUT2D eigenvalue weighted by atomic mass is 9.89. The molecule has 1 N–H and O–H groups in total. The number of pyridine rings is 1. The van der Waals surface area contributed by atoms with Crippen molar-refractivity contribution in [1.29, 1.82) is 0 Å². The Bertz CT molecular complexity index is 589. The smallest absolute Gasteiger partial charge is 0.311 e. The highest BCUT2D eigenvalue weighted by atomic mass is 16.6. The number of hydrogen-bond acceptors (Lipinski definition) is 5. The van der Waals surface area contributed by atoms with Gasteiger partial charge in [0.05, 0.1) is 10.8 Å². The Morgan fingerprint density at radius 2 is 2.30 bits per heavy atom. The molecular formula is C13H15N3O4. The van der Waals surface area contributed by atoms with E-state index in [2.05, 4.69) is 4.98 Å². The minimum absolute atomic E-state index is 0.0343. The fourth-order valence-electron chi connectivity index (χ4n) is 3.46. The summed E-state index contributed by atoms with van der Waals surface area (Å²) >= 11 is 0. The molecule has 2 saturated heterocycles. The number of fused-ring (bicyclic) bond motifs is 2. The van der Waals surface area contributed by atoms with E-state index < -0.39 is 16.8 Å². The van der Waals surface area contributed by atoms with Crippen LogP contribution < -0.4 is 4.90 Å². The number of aliphatic carboxylic acids is 1. The van der Waals surface area contributed by atoms with Gasteiger partial charge in [-0.25, -0.2) is 4.98 Å². The quantitative estimate of drug-likeness (QED) is 0.667. The molecule has 2 bridgehead atoms. The van der Waals surface area contributed by atoms with Crippen molar-refractivity contribution in [2.24, 2.45) is 5.92 Å². The third-order valence-electron chi connectivity index (χ3n) is 4.28. The summed E-state index contributed by atoms with van der Waals surface area (Å²) in [6.45, 7) is 1.75. The van der Waals surface area contributed by atoms with Crippen LogP contribution in [0.3, 0.4) is 0 Å². The van der Waals surface area contributed by atoms with Gasteiger partial charge in [0.15, 0.2) is 0 Å². The summed E-state index contributed by atoms with van der Waals surface area (Å²) in [7, 11) is 0. The van der Waals surface area contributed by atoms with Gasteiger partial charge in [-0.05, 0) is 31.7 Å². The second-order valence-electron chi connectivity index (χ2n) is 5.50. The maximum absolute atomic E-state index is 11.3. The van der Waals surface area contributed by atoms with E-state index in [-0.39, 0.29) is 17.8 Å². The first-order valence-corrected chi connectivity index (χ1v) is 6.61. The van der Waals surface area contributed by atoms with E-state index in [0.29, 0.717) is 12.2 Å². The van der Waals surface area contributed by atoms with Crippen molar-refractivity contribution in [3.63, 3.8) is 0 Å². The molecule has 0 aliphatic carbocycles. The van der Waals surface area contributed by atoms with Crippen LogP contribution in [0.15, 0.2) is 12.3 Å². The molecule has 2 aliphatic rings. The number of nitrogens with zero attached hydrogens (tertiary/aromatic N) is 3. The van der Waals surface area contributed by atoms with Crippen molar-refractivity contribution in [1.82, 2.24) is 4.98 Å². The lowest BCUT2D eigenvalue weighted by molar-refractivity contribution is -0.384. The van der Waals surface area contributed by atoms with Crippen molar-refractivity contribution in [3.8, 4) is 0 Å². The standard InChI is InChI=1S/C13H15N3O4/c1-7-4-11(16(19)20)12(14-6-7)15-8-2-3-10(15)9(5-8)13(17)18/h4,6,8-10H,2-3,5H2,1H3,(H,17,18). The normalized spacial score (nSPS) is 27.9. The number of anilines is 1. The summed E-state index contributed by atoms with van der Waals surface area (Å²) in [5.41, 5.74) is 0.690. The second-order valence-corrected chi connectivity index (χ2v) is 5.50. The molecule has 2 fully saturated rings. The maximum atomic E-state index is 11.3. The third kappa shape index (κ3) is 1.81. The Labute approximate surface area is 115 Å². The summed E-state index contributed by atoms with van der Waals surface area (Å²) in [4.78, 5) is 28.1. The largest absolute Gasteiger partial charge is 0.481 e. The van der Waals surface area contributed by atoms with Crippen LogP contribution in [0.1, 0.15) is 24.8 Å². The van der Waals surface area contributed by atoms with Gasteiger partial charge in [-0.1, -0.05) is 0 Å². The van der Waals surface area contributed by atoms with Crippen molar-refractivity contribution < 1.29 is 14.8 Å². The molecule has 0 radical (unpaired) electrons. The van der Waals surface area contributed by atoms with Crippen molar-refractivity contribution in [3.05, 3.63) is 27.9 Å². The zero-order chi connectivity index (χ0) is 14.4. The van der Waals surface area contributed by atoms with Gasteiger partial charge in [-0.2, -0.15) is 0 Å². The van der Waals surface area contributed by atoms with Crippen molar-refractivity contribution >= 4 is 17.5 Å². The van der Waals surface area contributed by atoms with Crippen LogP contribution in [0.5, 0.6) is 0 Å². The molecule has 3 unspecified atom stereocenters. The third-order valence-corrected chi connectivity index (χ3v) is 4.28. The number of hydrogen-bond donors (Lipinski definition) is 1. The molecular weight excluding hydrogens is 262 g/mol. The number of carbonyl (C=O) groups is 1. The average Bonchev–Trinajstić information content (AvgIpc) is 2.96. The molecule has 20 heavy (non-hydrogen) atoms. The first-order chi connectivity index (χ1) is 9.49. The van der Waals surface area contributed by atoms with Crippen LogP contribution in [-0.4, -0.2) is 33.1 Å². The molecule has 0 spiro atoms. The van der Waals surface area contributed by atoms with E-state index in [9.17, 15) is 20.0 Å². The predicted octanol–water partition coefficient (Wildman–Crippen LogP) is 1.74. The van der Waals surface area contributed by atoms with Crippen molar-refractivity contribution in [2.75, 3.05) is 4.90 Å². The summed E-state index contributed by atoms with van der Waals surface area (Å²) in [6.07, 6.45) is 3.78. The van der Waals surface area contributed by atoms with E-state index in [1.54, 1.807) is 13.1 Å². The highest BCUT2D eigenvalue weighted by Crippen LogP contribution is 2.46. The Kier molecular flexibility index (Phi) is 2.84. The number of rotatable bonds is 3. The van der Waals surface area contributed by atoms with Gasteiger partial charge in [0, 0.05) is 24.3 Å². The van der Waals surface area contributed by atoms with Gasteiger partial charge in [0.1, 0.15) is 0 Å². The van der Waals surface area contributed by atoms with E-state index in [1.807, 2.05) is 4.90 Å². The molecule has 7 nitrogen and oxygen atoms in total. The van der Waals surface area contributed by atoms with Crippen LogP contribution in [0.4, 0.5) is 11.5 Å². The molecule has 2 aliphatic heterocycles. The zero-order valence-electron chi connectivity index (χ0n) is 11.0. The number of nitro groups is 1. The van der Waals surface area contributed by atoms with Crippen LogP contribution in [0.25, 0.3) is 0 Å². The van der Waals surface area contributed by atoms with E-state index >= 15 is 0 Å². The van der Waals surface area contributed by atoms with Crippen LogP contribution in [-0.2, 0) is 4.79 Å². The first-order valence-electron chi connectivity index (χ1n) is 6.61. The molecule has 7 heteroatoms. The fourth-order valence-corrected chi connectivity index (χ4v) is 3.46. The molecule has 0 amide bonds. The minimum Gasteiger partial charge on any atom is -0.481 e. The monoisotopic (exact) mass is 277 g/mol. The van der Waals surface area contributed by atoms with Crippen molar-refractivity contribution in [2.45, 2.75) is 38.3 Å². The predicted molar refractivity (Wildman–Crippen MR) is 70.7 cm³/mol. The Hall–Kier alpha value is -2.18. The number of carboxylic acids is 1. The van der Waals surface area contributed by atoms with Crippen LogP contribution in [0.2, 0.25) is 0 Å². The first kappa shape index (κ1) is 12.8. The fraction of sp³-hybridized carbons (Fsp3) is 0.538. The summed E-state index contributed by atoms with van der Waals surface area (Å²) < 4.78 is 0. The summed E-state index contributed by atoms with van der Waals surface area (Å²) in [6, 6.07) is 1.37. The Balaban J connectivity index is 2.02. The Morgan fingerprint density at radius 1 is 1.55 bits per heavy atom. The number of aromatic nitrogens is 1. The van der Waals surface area contributed by atoms with Gasteiger partial charge < -0.3 is 10.0 Å². The van der Waals surface area contributed by atoms with Gasteiger partial charge in [0.2, 0.25) is 5.82 Å². The lowest BCUT2D eigenvalue weighted by Gasteiger charge is -2.23. The van der Waals surface area contributed by atoms with Crippen LogP contribution in [0, 0.1) is 23.0 Å². The topological polar surface area (TPSA) is 96.6 Å². The molecule has 1 aromatic heterocycles. The van der Waals surface area contributed by atoms with Crippen LogP contribution >= 0.6 is 0 Å². The minimum atomic E-state index is -0.822. The second kappa shape index (κ2) is 4.43. The average molecular weight is 277 g/mol. The number of aryl methyl sites for hydroxylation is 1. The highest BCUT2D eigenvalue weighted by molar-refractivity contribution is 5.75. The number of carboxylic acid groups (broad SMARTS) is 1. The van der Waals surface area contributed by atoms with Gasteiger partial charge in [-0.3, -0.25) is 14.9 Å². The molecule has 3 heterocycles. The molecule has 3 atom stereocenters. The van der Waals surface area contributed by atoms with E-state index in [4.69, 9.17) is 0 Å². The summed E-state index contributed by atoms with van der Waals surface area (Å²) in [5.74, 6) is -0.953. The SMILES string of the molecule is Cc1cnc(N2C3CCC2C(C(=O)O)C3)c([N+](=O)[O-])c1. The zero-order valence-corrected chi connectivity index (χ0v) is 11.0. The van der Waals surface area contributed by atoms with Gasteiger partial charge in [-0.15, -0.1) is 0 Å². The Morgan fingerprint density at radius 3 is 2.90 bits per heavy atom. The maximum Gasteiger partial charge on any atom is 0.311 e. The van der Waals surface area contributed by atoms with Gasteiger partial charge in [0.25, 0.3) is 0 Å². The lowest BCUT2D eigenvalue weighted by Crippen LogP contribution is -2.33. The molecule has 106 valence electrons. The van der Waals surface area contributed by atoms with E-state index in [0.717, 1.165) is 18.4 Å². The van der Waals surface area contributed by atoms with Gasteiger partial charge >= 0.3 is 11.7 Å². The summed E-state index contributed by atoms with van der Waals surface area (Å²) in [5, 5.41) is 20.4.